The summed E-state index contributed by atoms with van der Waals surface area (Å²) in [6, 6.07) is 22.2. The van der Waals surface area contributed by atoms with Gasteiger partial charge in [0.15, 0.2) is 0 Å². The lowest BCUT2D eigenvalue weighted by Gasteiger charge is -2.33. The maximum atomic E-state index is 13.9. The average Bonchev–Trinajstić information content (AvgIpc) is 2.93. The van der Waals surface area contributed by atoms with Gasteiger partial charge in [-0.15, -0.1) is 0 Å². The van der Waals surface area contributed by atoms with Crippen molar-refractivity contribution < 1.29 is 9.59 Å². The minimum atomic E-state index is -0.674. The van der Waals surface area contributed by atoms with E-state index < -0.39 is 6.04 Å². The lowest BCUT2D eigenvalue weighted by atomic mass is 9.94. The van der Waals surface area contributed by atoms with E-state index in [2.05, 4.69) is 5.32 Å². The number of amides is 2. The number of halogens is 3. The Balaban J connectivity index is 1.63. The fourth-order valence-corrected chi connectivity index (χ4v) is 5.57. The van der Waals surface area contributed by atoms with Gasteiger partial charge in [-0.1, -0.05) is 109 Å². The van der Waals surface area contributed by atoms with Crippen LogP contribution in [-0.2, 0) is 29.0 Å². The van der Waals surface area contributed by atoms with Crippen molar-refractivity contribution in [2.45, 2.75) is 70.0 Å². The van der Waals surface area contributed by atoms with Crippen LogP contribution in [0.5, 0.6) is 0 Å². The standard InChI is InChI=1S/C31H33Cl3N2O2/c32-26-14-8-7-11-24(26)16-18-30(37)36(21-23-15-17-27(33)28(34)19-23)29(20-22-9-3-1-4-10-22)31(38)35-25-12-5-2-6-13-25/h1,3-4,7-11,14-15,17,19,25,29H,2,5-6,12-13,16,18,20-21H2,(H,35,38)/t29-/m0/s1. The van der Waals surface area contributed by atoms with E-state index in [9.17, 15) is 9.59 Å². The van der Waals surface area contributed by atoms with Crippen molar-refractivity contribution >= 4 is 46.6 Å². The Kier molecular flexibility index (Phi) is 10.5. The summed E-state index contributed by atoms with van der Waals surface area (Å²) in [6.07, 6.45) is 6.48. The third-order valence-electron chi connectivity index (χ3n) is 7.13. The second kappa shape index (κ2) is 14.0. The largest absolute Gasteiger partial charge is 0.352 e. The summed E-state index contributed by atoms with van der Waals surface area (Å²) in [5, 5.41) is 4.76. The number of hydrogen-bond acceptors (Lipinski definition) is 2. The molecule has 0 spiro atoms. The third-order valence-corrected chi connectivity index (χ3v) is 8.23. The summed E-state index contributed by atoms with van der Waals surface area (Å²) < 4.78 is 0. The second-order valence-corrected chi connectivity index (χ2v) is 11.1. The molecule has 0 saturated heterocycles. The highest BCUT2D eigenvalue weighted by atomic mass is 35.5. The molecule has 0 heterocycles. The Morgan fingerprint density at radius 2 is 1.53 bits per heavy atom. The molecule has 200 valence electrons. The molecule has 4 nitrogen and oxygen atoms in total. The van der Waals surface area contributed by atoms with E-state index in [1.807, 2.05) is 60.7 Å². The molecule has 3 aromatic rings. The first-order valence-electron chi connectivity index (χ1n) is 13.2. The molecule has 0 aliphatic heterocycles. The predicted octanol–water partition coefficient (Wildman–Crippen LogP) is 7.67. The van der Waals surface area contributed by atoms with Crippen LogP contribution in [-0.4, -0.2) is 28.8 Å². The van der Waals surface area contributed by atoms with E-state index in [1.54, 1.807) is 17.0 Å². The van der Waals surface area contributed by atoms with Crippen LogP contribution in [0.4, 0.5) is 0 Å². The van der Waals surface area contributed by atoms with Gasteiger partial charge in [0.05, 0.1) is 10.0 Å². The maximum Gasteiger partial charge on any atom is 0.243 e. The van der Waals surface area contributed by atoms with Gasteiger partial charge in [-0.3, -0.25) is 9.59 Å². The zero-order chi connectivity index (χ0) is 26.9. The van der Waals surface area contributed by atoms with Gasteiger partial charge in [-0.25, -0.2) is 0 Å². The monoisotopic (exact) mass is 570 g/mol. The number of carbonyl (C=O) groups is 2. The zero-order valence-corrected chi connectivity index (χ0v) is 23.6. The first kappa shape index (κ1) is 28.5. The highest BCUT2D eigenvalue weighted by Crippen LogP contribution is 2.26. The Morgan fingerprint density at radius 1 is 0.816 bits per heavy atom. The lowest BCUT2D eigenvalue weighted by molar-refractivity contribution is -0.141. The van der Waals surface area contributed by atoms with E-state index in [4.69, 9.17) is 34.8 Å². The van der Waals surface area contributed by atoms with Crippen LogP contribution in [0.1, 0.15) is 55.2 Å². The molecule has 0 unspecified atom stereocenters. The maximum absolute atomic E-state index is 13.9. The van der Waals surface area contributed by atoms with Crippen molar-refractivity contribution in [3.05, 3.63) is 105 Å². The van der Waals surface area contributed by atoms with Crippen LogP contribution >= 0.6 is 34.8 Å². The summed E-state index contributed by atoms with van der Waals surface area (Å²) in [4.78, 5) is 29.4. The second-order valence-electron chi connectivity index (χ2n) is 9.91. The number of aryl methyl sites for hydroxylation is 1. The highest BCUT2D eigenvalue weighted by molar-refractivity contribution is 6.42. The fraction of sp³-hybridized carbons (Fsp3) is 0.355. The zero-order valence-electron chi connectivity index (χ0n) is 21.3. The summed E-state index contributed by atoms with van der Waals surface area (Å²) in [6.45, 7) is 0.244. The molecule has 1 atom stereocenters. The van der Waals surface area contributed by atoms with Crippen molar-refractivity contribution in [2.24, 2.45) is 0 Å². The van der Waals surface area contributed by atoms with Gasteiger partial charge in [0.2, 0.25) is 11.8 Å². The lowest BCUT2D eigenvalue weighted by Crippen LogP contribution is -2.52. The van der Waals surface area contributed by atoms with E-state index in [-0.39, 0.29) is 30.8 Å². The van der Waals surface area contributed by atoms with Gasteiger partial charge in [0, 0.05) is 30.5 Å². The van der Waals surface area contributed by atoms with E-state index in [0.717, 1.165) is 42.4 Å². The molecular formula is C31H33Cl3N2O2. The van der Waals surface area contributed by atoms with E-state index in [1.165, 1.54) is 6.42 Å². The van der Waals surface area contributed by atoms with E-state index >= 15 is 0 Å². The molecule has 3 aromatic carbocycles. The van der Waals surface area contributed by atoms with Crippen LogP contribution in [0.3, 0.4) is 0 Å². The Bertz CT molecular complexity index is 1230. The van der Waals surface area contributed by atoms with Crippen LogP contribution in [0.25, 0.3) is 0 Å². The molecule has 7 heteroatoms. The highest BCUT2D eigenvalue weighted by Gasteiger charge is 2.32. The van der Waals surface area contributed by atoms with Crippen molar-refractivity contribution in [3.63, 3.8) is 0 Å². The predicted molar refractivity (Wildman–Crippen MR) is 156 cm³/mol. The van der Waals surface area contributed by atoms with Crippen LogP contribution in [0.2, 0.25) is 15.1 Å². The Labute approximate surface area is 240 Å². The molecule has 0 aromatic heterocycles. The molecule has 1 N–H and O–H groups in total. The number of nitrogens with one attached hydrogen (secondary N) is 1. The van der Waals surface area contributed by atoms with Crippen LogP contribution in [0, 0.1) is 0 Å². The average molecular weight is 572 g/mol. The Hall–Kier alpha value is -2.53. The SMILES string of the molecule is O=C(NC1CCCCC1)[C@H](Cc1ccccc1)N(Cc1ccc(Cl)c(Cl)c1)C(=O)CCc1ccccc1Cl. The summed E-state index contributed by atoms with van der Waals surface area (Å²) in [7, 11) is 0. The van der Waals surface area contributed by atoms with Gasteiger partial charge in [0.1, 0.15) is 6.04 Å². The van der Waals surface area contributed by atoms with Crippen molar-refractivity contribution in [3.8, 4) is 0 Å². The molecule has 0 bridgehead atoms. The van der Waals surface area contributed by atoms with Gasteiger partial charge < -0.3 is 10.2 Å². The molecular weight excluding hydrogens is 539 g/mol. The summed E-state index contributed by atoms with van der Waals surface area (Å²) in [5.41, 5.74) is 2.71. The summed E-state index contributed by atoms with van der Waals surface area (Å²) in [5.74, 6) is -0.234. The van der Waals surface area contributed by atoms with Gasteiger partial charge in [0.25, 0.3) is 0 Å². The normalized spacial score (nSPS) is 14.6. The van der Waals surface area contributed by atoms with Crippen LogP contribution < -0.4 is 5.32 Å². The smallest absolute Gasteiger partial charge is 0.243 e. The molecule has 0 radical (unpaired) electrons. The molecule has 38 heavy (non-hydrogen) atoms. The first-order chi connectivity index (χ1) is 18.4. The molecule has 1 aliphatic carbocycles. The minimum absolute atomic E-state index is 0.115. The van der Waals surface area contributed by atoms with Crippen molar-refractivity contribution in [1.82, 2.24) is 10.2 Å². The number of rotatable bonds is 10. The molecule has 1 aliphatic rings. The van der Waals surface area contributed by atoms with Crippen molar-refractivity contribution in [1.29, 1.82) is 0 Å². The number of carbonyl (C=O) groups excluding carboxylic acids is 2. The molecule has 1 fully saturated rings. The van der Waals surface area contributed by atoms with Gasteiger partial charge in [-0.05, 0) is 54.2 Å². The molecule has 2 amide bonds. The molecule has 1 saturated carbocycles. The van der Waals surface area contributed by atoms with Crippen molar-refractivity contribution in [2.75, 3.05) is 0 Å². The summed E-state index contributed by atoms with van der Waals surface area (Å²) >= 11 is 18.8. The van der Waals surface area contributed by atoms with Gasteiger partial charge in [-0.2, -0.15) is 0 Å². The quantitative estimate of drug-likeness (QED) is 0.271. The first-order valence-corrected chi connectivity index (χ1v) is 14.3. The number of benzene rings is 3. The topological polar surface area (TPSA) is 49.4 Å². The van der Waals surface area contributed by atoms with Crippen LogP contribution in [0.15, 0.2) is 72.8 Å². The number of nitrogens with zero attached hydrogens (tertiary/aromatic N) is 1. The fourth-order valence-electron chi connectivity index (χ4n) is 5.02. The Morgan fingerprint density at radius 3 is 2.24 bits per heavy atom. The van der Waals surface area contributed by atoms with E-state index in [0.29, 0.717) is 27.9 Å². The van der Waals surface area contributed by atoms with Gasteiger partial charge >= 0.3 is 0 Å². The third kappa shape index (κ3) is 7.99. The molecule has 4 rings (SSSR count). The minimum Gasteiger partial charge on any atom is -0.352 e. The number of hydrogen-bond donors (Lipinski definition) is 1.